The summed E-state index contributed by atoms with van der Waals surface area (Å²) in [6.45, 7) is 4.65. The van der Waals surface area contributed by atoms with Gasteiger partial charge in [-0.05, 0) is 25.7 Å². The SMILES string of the molecule is CCCCC(CCC)OC(=O)CCC(=O)OCCCCCCCCCl. The fraction of sp³-hybridized carbons (Fsp3) is 0.900. The Balaban J connectivity index is 3.66. The molecule has 0 aromatic heterocycles. The molecule has 1 atom stereocenters. The Bertz CT molecular complexity index is 334. The van der Waals surface area contributed by atoms with Crippen molar-refractivity contribution >= 4 is 23.5 Å². The first-order valence-electron chi connectivity index (χ1n) is 10.0. The van der Waals surface area contributed by atoms with E-state index in [4.69, 9.17) is 21.1 Å². The van der Waals surface area contributed by atoms with Crippen LogP contribution in [0.25, 0.3) is 0 Å². The molecule has 0 heterocycles. The van der Waals surface area contributed by atoms with Gasteiger partial charge in [0.05, 0.1) is 19.4 Å². The topological polar surface area (TPSA) is 52.6 Å². The molecule has 0 aliphatic rings. The van der Waals surface area contributed by atoms with E-state index in [9.17, 15) is 9.59 Å². The second-order valence-electron chi connectivity index (χ2n) is 6.57. The largest absolute Gasteiger partial charge is 0.466 e. The molecule has 4 nitrogen and oxygen atoms in total. The van der Waals surface area contributed by atoms with Crippen molar-refractivity contribution in [3.05, 3.63) is 0 Å². The fourth-order valence-corrected chi connectivity index (χ4v) is 2.82. The molecule has 0 aliphatic carbocycles. The zero-order valence-electron chi connectivity index (χ0n) is 16.2. The lowest BCUT2D eigenvalue weighted by molar-refractivity contribution is -0.154. The second-order valence-corrected chi connectivity index (χ2v) is 6.95. The van der Waals surface area contributed by atoms with Gasteiger partial charge >= 0.3 is 11.9 Å². The molecule has 0 aromatic rings. The summed E-state index contributed by atoms with van der Waals surface area (Å²) in [5.74, 6) is 0.142. The zero-order chi connectivity index (χ0) is 18.8. The number of carbonyl (C=O) groups excluding carboxylic acids is 2. The van der Waals surface area contributed by atoms with Crippen LogP contribution in [0.4, 0.5) is 0 Å². The van der Waals surface area contributed by atoms with Crippen molar-refractivity contribution in [2.24, 2.45) is 0 Å². The summed E-state index contributed by atoms with van der Waals surface area (Å²) in [6.07, 6.45) is 11.7. The summed E-state index contributed by atoms with van der Waals surface area (Å²) in [5.41, 5.74) is 0. The van der Waals surface area contributed by atoms with Crippen LogP contribution >= 0.6 is 11.6 Å². The summed E-state index contributed by atoms with van der Waals surface area (Å²) >= 11 is 5.63. The Kier molecular flexibility index (Phi) is 17.5. The van der Waals surface area contributed by atoms with Crippen molar-refractivity contribution in [3.8, 4) is 0 Å². The molecule has 0 saturated carbocycles. The summed E-state index contributed by atoms with van der Waals surface area (Å²) in [7, 11) is 0. The maximum Gasteiger partial charge on any atom is 0.306 e. The van der Waals surface area contributed by atoms with E-state index in [0.717, 1.165) is 63.7 Å². The van der Waals surface area contributed by atoms with Gasteiger partial charge in [-0.2, -0.15) is 0 Å². The van der Waals surface area contributed by atoms with E-state index in [1.54, 1.807) is 0 Å². The quantitative estimate of drug-likeness (QED) is 0.183. The first-order valence-corrected chi connectivity index (χ1v) is 10.6. The number of halogens is 1. The van der Waals surface area contributed by atoms with Crippen LogP contribution in [0.3, 0.4) is 0 Å². The predicted octanol–water partition coefficient (Wildman–Crippen LogP) is 5.79. The molecule has 0 N–H and O–H groups in total. The van der Waals surface area contributed by atoms with Gasteiger partial charge in [-0.1, -0.05) is 58.8 Å². The Morgan fingerprint density at radius 3 is 2.08 bits per heavy atom. The van der Waals surface area contributed by atoms with E-state index >= 15 is 0 Å². The van der Waals surface area contributed by atoms with Crippen LogP contribution in [-0.2, 0) is 19.1 Å². The van der Waals surface area contributed by atoms with Crippen molar-refractivity contribution in [1.29, 1.82) is 0 Å². The molecule has 1 unspecified atom stereocenters. The molecule has 148 valence electrons. The van der Waals surface area contributed by atoms with Crippen LogP contribution in [-0.4, -0.2) is 30.5 Å². The molecule has 0 aliphatic heterocycles. The van der Waals surface area contributed by atoms with Gasteiger partial charge in [0.15, 0.2) is 0 Å². The highest BCUT2D eigenvalue weighted by molar-refractivity contribution is 6.17. The fourth-order valence-electron chi connectivity index (χ4n) is 2.63. The highest BCUT2D eigenvalue weighted by atomic mass is 35.5. The lowest BCUT2D eigenvalue weighted by atomic mass is 10.1. The Morgan fingerprint density at radius 2 is 1.44 bits per heavy atom. The third-order valence-electron chi connectivity index (χ3n) is 4.11. The Hall–Kier alpha value is -0.770. The van der Waals surface area contributed by atoms with E-state index in [1.165, 1.54) is 12.8 Å². The highest BCUT2D eigenvalue weighted by Crippen LogP contribution is 2.13. The van der Waals surface area contributed by atoms with E-state index in [1.807, 2.05) is 0 Å². The van der Waals surface area contributed by atoms with Crippen LogP contribution in [0.5, 0.6) is 0 Å². The molecule has 0 aromatic carbocycles. The van der Waals surface area contributed by atoms with Crippen LogP contribution in [0.15, 0.2) is 0 Å². The number of ether oxygens (including phenoxy) is 2. The molecular formula is C20H37ClO4. The average Bonchev–Trinajstić information content (AvgIpc) is 2.60. The molecule has 0 radical (unpaired) electrons. The van der Waals surface area contributed by atoms with Crippen molar-refractivity contribution in [2.45, 2.75) is 103 Å². The molecule has 0 rings (SSSR count). The lowest BCUT2D eigenvalue weighted by Crippen LogP contribution is -2.19. The molecular weight excluding hydrogens is 340 g/mol. The van der Waals surface area contributed by atoms with Crippen LogP contribution in [0.2, 0.25) is 0 Å². The molecule has 5 heteroatoms. The number of unbranched alkanes of at least 4 members (excludes halogenated alkanes) is 6. The van der Waals surface area contributed by atoms with Gasteiger partial charge in [-0.3, -0.25) is 9.59 Å². The number of esters is 2. The van der Waals surface area contributed by atoms with Crippen molar-refractivity contribution in [2.75, 3.05) is 12.5 Å². The maximum atomic E-state index is 11.9. The standard InChI is InChI=1S/C20H37ClO4/c1-3-5-13-18(12-4-2)25-20(23)15-14-19(22)24-17-11-9-7-6-8-10-16-21/h18H,3-17H2,1-2H3. The van der Waals surface area contributed by atoms with Gasteiger partial charge in [-0.25, -0.2) is 0 Å². The van der Waals surface area contributed by atoms with Crippen molar-refractivity contribution < 1.29 is 19.1 Å². The van der Waals surface area contributed by atoms with E-state index in [2.05, 4.69) is 13.8 Å². The number of hydrogen-bond donors (Lipinski definition) is 0. The molecule has 0 saturated heterocycles. The molecule has 0 fully saturated rings. The first-order chi connectivity index (χ1) is 12.1. The van der Waals surface area contributed by atoms with Crippen LogP contribution in [0.1, 0.15) is 97.3 Å². The maximum absolute atomic E-state index is 11.9. The van der Waals surface area contributed by atoms with Gasteiger partial charge in [0.25, 0.3) is 0 Å². The molecule has 0 spiro atoms. The van der Waals surface area contributed by atoms with E-state index < -0.39 is 0 Å². The van der Waals surface area contributed by atoms with Gasteiger partial charge in [0, 0.05) is 5.88 Å². The predicted molar refractivity (Wildman–Crippen MR) is 103 cm³/mol. The van der Waals surface area contributed by atoms with Crippen molar-refractivity contribution in [3.63, 3.8) is 0 Å². The first kappa shape index (κ1) is 24.2. The summed E-state index contributed by atoms with van der Waals surface area (Å²) in [4.78, 5) is 23.5. The minimum Gasteiger partial charge on any atom is -0.466 e. The number of hydrogen-bond acceptors (Lipinski definition) is 4. The highest BCUT2D eigenvalue weighted by Gasteiger charge is 2.15. The minimum atomic E-state index is -0.306. The summed E-state index contributed by atoms with van der Waals surface area (Å²) in [5, 5.41) is 0. The number of rotatable bonds is 17. The van der Waals surface area contributed by atoms with E-state index in [0.29, 0.717) is 6.61 Å². The van der Waals surface area contributed by atoms with Crippen molar-refractivity contribution in [1.82, 2.24) is 0 Å². The molecule has 25 heavy (non-hydrogen) atoms. The monoisotopic (exact) mass is 376 g/mol. The van der Waals surface area contributed by atoms with Crippen LogP contribution < -0.4 is 0 Å². The normalized spacial score (nSPS) is 12.0. The lowest BCUT2D eigenvalue weighted by Gasteiger charge is -2.16. The smallest absolute Gasteiger partial charge is 0.306 e. The van der Waals surface area contributed by atoms with Gasteiger partial charge in [-0.15, -0.1) is 11.6 Å². The third-order valence-corrected chi connectivity index (χ3v) is 4.38. The third kappa shape index (κ3) is 16.4. The second kappa shape index (κ2) is 18.0. The van der Waals surface area contributed by atoms with Gasteiger partial charge in [0.2, 0.25) is 0 Å². The Morgan fingerprint density at radius 1 is 0.800 bits per heavy atom. The zero-order valence-corrected chi connectivity index (χ0v) is 17.0. The Labute approximate surface area is 159 Å². The van der Waals surface area contributed by atoms with Gasteiger partial charge < -0.3 is 9.47 Å². The number of alkyl halides is 1. The van der Waals surface area contributed by atoms with E-state index in [-0.39, 0.29) is 30.9 Å². The van der Waals surface area contributed by atoms with Gasteiger partial charge in [0.1, 0.15) is 6.10 Å². The summed E-state index contributed by atoms with van der Waals surface area (Å²) in [6, 6.07) is 0. The number of carbonyl (C=O) groups is 2. The van der Waals surface area contributed by atoms with Crippen LogP contribution in [0, 0.1) is 0 Å². The molecule has 0 amide bonds. The average molecular weight is 377 g/mol. The molecule has 0 bridgehead atoms. The minimum absolute atomic E-state index is 0.00716. The summed E-state index contributed by atoms with van der Waals surface area (Å²) < 4.78 is 10.6.